The van der Waals surface area contributed by atoms with E-state index in [0.717, 1.165) is 19.5 Å². The van der Waals surface area contributed by atoms with E-state index in [-0.39, 0.29) is 6.03 Å². The van der Waals surface area contributed by atoms with Gasteiger partial charge in [0.1, 0.15) is 0 Å². The van der Waals surface area contributed by atoms with Crippen molar-refractivity contribution >= 4 is 29.2 Å². The van der Waals surface area contributed by atoms with Gasteiger partial charge in [0.05, 0.1) is 0 Å². The zero-order chi connectivity index (χ0) is 9.68. The lowest BCUT2D eigenvalue weighted by molar-refractivity contribution is 0.136. The van der Waals surface area contributed by atoms with Crippen LogP contribution in [0.4, 0.5) is 4.79 Å². The van der Waals surface area contributed by atoms with Crippen molar-refractivity contribution in [3.05, 3.63) is 0 Å². The fraction of sp³-hybridized carbons (Fsp3) is 0.875. The number of halogens is 2. The Morgan fingerprint density at radius 2 is 1.54 bits per heavy atom. The van der Waals surface area contributed by atoms with Crippen molar-refractivity contribution in [1.29, 1.82) is 0 Å². The smallest absolute Gasteiger partial charge is 0.320 e. The molecule has 0 saturated carbocycles. The van der Waals surface area contributed by atoms with Gasteiger partial charge >= 0.3 is 6.03 Å². The van der Waals surface area contributed by atoms with Crippen LogP contribution in [0.5, 0.6) is 0 Å². The van der Waals surface area contributed by atoms with Crippen LogP contribution in [-0.4, -0.2) is 53.8 Å². The molecule has 13 heavy (non-hydrogen) atoms. The fourth-order valence-corrected chi connectivity index (χ4v) is 1.87. The quantitative estimate of drug-likeness (QED) is 0.666. The highest BCUT2D eigenvalue weighted by Gasteiger charge is 2.23. The van der Waals surface area contributed by atoms with Gasteiger partial charge in [-0.15, -0.1) is 23.2 Å². The van der Waals surface area contributed by atoms with Gasteiger partial charge in [0.25, 0.3) is 0 Å². The van der Waals surface area contributed by atoms with Crippen LogP contribution in [0.2, 0.25) is 0 Å². The first-order chi connectivity index (χ1) is 6.29. The van der Waals surface area contributed by atoms with Gasteiger partial charge in [0, 0.05) is 37.9 Å². The van der Waals surface area contributed by atoms with Crippen molar-refractivity contribution in [3.8, 4) is 0 Å². The third kappa shape index (κ3) is 2.92. The number of hydrogen-bond donors (Lipinski definition) is 0. The molecule has 76 valence electrons. The van der Waals surface area contributed by atoms with Gasteiger partial charge < -0.3 is 9.80 Å². The van der Waals surface area contributed by atoms with Crippen LogP contribution in [-0.2, 0) is 0 Å². The zero-order valence-electron chi connectivity index (χ0n) is 7.51. The first kappa shape index (κ1) is 10.9. The largest absolute Gasteiger partial charge is 0.323 e. The normalized spacial score (nSPS) is 18.2. The Morgan fingerprint density at radius 3 is 1.92 bits per heavy atom. The van der Waals surface area contributed by atoms with Crippen LogP contribution >= 0.6 is 23.2 Å². The summed E-state index contributed by atoms with van der Waals surface area (Å²) < 4.78 is 0. The standard InChI is InChI=1S/C8H14Cl2N2O/c9-2-6-11-4-1-5-12(7-3-10)8(11)13/h1-7H2. The molecular weight excluding hydrogens is 211 g/mol. The van der Waals surface area contributed by atoms with Gasteiger partial charge in [-0.05, 0) is 6.42 Å². The highest BCUT2D eigenvalue weighted by molar-refractivity contribution is 6.18. The van der Waals surface area contributed by atoms with E-state index in [1.165, 1.54) is 0 Å². The van der Waals surface area contributed by atoms with Crippen molar-refractivity contribution in [2.45, 2.75) is 6.42 Å². The van der Waals surface area contributed by atoms with Crippen molar-refractivity contribution in [2.75, 3.05) is 37.9 Å². The number of nitrogens with zero attached hydrogens (tertiary/aromatic N) is 2. The van der Waals surface area contributed by atoms with Gasteiger partial charge in [0.2, 0.25) is 0 Å². The summed E-state index contributed by atoms with van der Waals surface area (Å²) in [4.78, 5) is 15.2. The topological polar surface area (TPSA) is 23.6 Å². The van der Waals surface area contributed by atoms with Crippen LogP contribution in [0.15, 0.2) is 0 Å². The highest BCUT2D eigenvalue weighted by Crippen LogP contribution is 2.08. The third-order valence-electron chi connectivity index (χ3n) is 2.11. The Morgan fingerprint density at radius 1 is 1.08 bits per heavy atom. The molecule has 2 amide bonds. The Bertz CT molecular complexity index is 158. The zero-order valence-corrected chi connectivity index (χ0v) is 9.02. The molecule has 0 unspecified atom stereocenters. The van der Waals surface area contributed by atoms with Crippen LogP contribution in [0, 0.1) is 0 Å². The molecule has 1 aliphatic rings. The van der Waals surface area contributed by atoms with Crippen molar-refractivity contribution in [3.63, 3.8) is 0 Å². The summed E-state index contributed by atoms with van der Waals surface area (Å²) in [6, 6.07) is 0.0764. The Labute approximate surface area is 88.6 Å². The molecule has 1 rings (SSSR count). The maximum Gasteiger partial charge on any atom is 0.320 e. The molecule has 0 spiro atoms. The van der Waals surface area contributed by atoms with Gasteiger partial charge in [-0.2, -0.15) is 0 Å². The lowest BCUT2D eigenvalue weighted by Crippen LogP contribution is -2.50. The summed E-state index contributed by atoms with van der Waals surface area (Å²) in [6.45, 7) is 2.92. The molecule has 0 aromatic rings. The van der Waals surface area contributed by atoms with Gasteiger partial charge in [-0.25, -0.2) is 4.79 Å². The molecule has 3 nitrogen and oxygen atoms in total. The second-order valence-corrected chi connectivity index (χ2v) is 3.74. The minimum Gasteiger partial charge on any atom is -0.323 e. The monoisotopic (exact) mass is 224 g/mol. The van der Waals surface area contributed by atoms with E-state index >= 15 is 0 Å². The Kier molecular flexibility index (Phi) is 4.67. The molecule has 1 heterocycles. The molecule has 1 aliphatic heterocycles. The van der Waals surface area contributed by atoms with Crippen LogP contribution in [0.1, 0.15) is 6.42 Å². The van der Waals surface area contributed by atoms with E-state index in [4.69, 9.17) is 23.2 Å². The minimum atomic E-state index is 0.0764. The molecule has 1 fully saturated rings. The second kappa shape index (κ2) is 5.55. The molecule has 0 aromatic heterocycles. The fourth-order valence-electron chi connectivity index (χ4n) is 1.46. The summed E-state index contributed by atoms with van der Waals surface area (Å²) >= 11 is 11.2. The van der Waals surface area contributed by atoms with E-state index in [0.29, 0.717) is 24.8 Å². The number of carbonyl (C=O) groups is 1. The molecule has 0 atom stereocenters. The number of urea groups is 1. The predicted octanol–water partition coefficient (Wildman–Crippen LogP) is 1.59. The SMILES string of the molecule is O=C1N(CCCl)CCCN1CCCl. The number of amides is 2. The first-order valence-corrected chi connectivity index (χ1v) is 5.52. The number of alkyl halides is 2. The van der Waals surface area contributed by atoms with Crippen molar-refractivity contribution < 1.29 is 4.79 Å². The molecular formula is C8H14Cl2N2O. The second-order valence-electron chi connectivity index (χ2n) is 2.99. The Hall–Kier alpha value is -0.150. The molecule has 1 saturated heterocycles. The maximum atomic E-state index is 11.6. The third-order valence-corrected chi connectivity index (χ3v) is 2.44. The maximum absolute atomic E-state index is 11.6. The molecule has 0 aromatic carbocycles. The van der Waals surface area contributed by atoms with Crippen LogP contribution in [0.3, 0.4) is 0 Å². The lowest BCUT2D eigenvalue weighted by Gasteiger charge is -2.34. The summed E-state index contributed by atoms with van der Waals surface area (Å²) in [5, 5.41) is 0. The number of carbonyl (C=O) groups excluding carboxylic acids is 1. The number of hydrogen-bond acceptors (Lipinski definition) is 1. The van der Waals surface area contributed by atoms with Crippen molar-refractivity contribution in [1.82, 2.24) is 9.80 Å². The summed E-state index contributed by atoms with van der Waals surface area (Å²) in [7, 11) is 0. The van der Waals surface area contributed by atoms with Gasteiger partial charge in [-0.1, -0.05) is 0 Å². The van der Waals surface area contributed by atoms with E-state index in [1.54, 1.807) is 9.80 Å². The summed E-state index contributed by atoms with van der Waals surface area (Å²) in [5.41, 5.74) is 0. The highest BCUT2D eigenvalue weighted by atomic mass is 35.5. The summed E-state index contributed by atoms with van der Waals surface area (Å²) in [6.07, 6.45) is 1.01. The molecule has 0 bridgehead atoms. The van der Waals surface area contributed by atoms with E-state index in [1.807, 2.05) is 0 Å². The molecule has 0 radical (unpaired) electrons. The van der Waals surface area contributed by atoms with E-state index < -0.39 is 0 Å². The predicted molar refractivity (Wildman–Crippen MR) is 54.6 cm³/mol. The van der Waals surface area contributed by atoms with Gasteiger partial charge in [-0.3, -0.25) is 0 Å². The first-order valence-electron chi connectivity index (χ1n) is 4.45. The van der Waals surface area contributed by atoms with Gasteiger partial charge in [0.15, 0.2) is 0 Å². The molecule has 0 aliphatic carbocycles. The minimum absolute atomic E-state index is 0.0764. The van der Waals surface area contributed by atoms with Crippen LogP contribution < -0.4 is 0 Å². The van der Waals surface area contributed by atoms with E-state index in [9.17, 15) is 4.79 Å². The average molecular weight is 225 g/mol. The van der Waals surface area contributed by atoms with E-state index in [2.05, 4.69) is 0 Å². The lowest BCUT2D eigenvalue weighted by atomic mass is 10.3. The average Bonchev–Trinajstić information content (AvgIpc) is 2.13. The number of rotatable bonds is 4. The Balaban J connectivity index is 2.45. The molecule has 5 heteroatoms. The van der Waals surface area contributed by atoms with Crippen LogP contribution in [0.25, 0.3) is 0 Å². The summed E-state index contributed by atoms with van der Waals surface area (Å²) in [5.74, 6) is 1.00. The van der Waals surface area contributed by atoms with Crippen molar-refractivity contribution in [2.24, 2.45) is 0 Å². The molecule has 0 N–H and O–H groups in total.